The minimum atomic E-state index is -4.53. The smallest absolute Gasteiger partial charge is 0.457 e. The quantitative estimate of drug-likeness (QED) is 0.0253. The monoisotopic (exact) mass is 724 g/mol. The summed E-state index contributed by atoms with van der Waals surface area (Å²) < 4.78 is 33.1. The number of phosphoric acid groups is 1. The molecule has 0 radical (unpaired) electrons. The van der Waals surface area contributed by atoms with Crippen LogP contribution >= 0.6 is 7.82 Å². The highest BCUT2D eigenvalue weighted by Gasteiger charge is 2.26. The largest absolute Gasteiger partial charge is 0.472 e. The van der Waals surface area contributed by atoms with Crippen molar-refractivity contribution < 1.29 is 43.0 Å². The molecular formula is C40H69O9P. The van der Waals surface area contributed by atoms with E-state index in [4.69, 9.17) is 23.6 Å². The number of carbonyl (C=O) groups is 1. The van der Waals surface area contributed by atoms with Crippen LogP contribution < -0.4 is 0 Å². The zero-order chi connectivity index (χ0) is 36.8. The van der Waals surface area contributed by atoms with Crippen LogP contribution in [0.5, 0.6) is 0 Å². The number of aliphatic hydroxyl groups excluding tert-OH is 2. The van der Waals surface area contributed by atoms with Gasteiger partial charge in [-0.3, -0.25) is 13.8 Å². The molecule has 3 atom stereocenters. The predicted molar refractivity (Wildman–Crippen MR) is 205 cm³/mol. The first-order chi connectivity index (χ1) is 24.3. The molecule has 0 spiro atoms. The molecule has 0 aromatic carbocycles. The summed E-state index contributed by atoms with van der Waals surface area (Å²) in [5.41, 5.74) is 0. The van der Waals surface area contributed by atoms with E-state index in [9.17, 15) is 19.4 Å². The number of hydrogen-bond donors (Lipinski definition) is 3. The van der Waals surface area contributed by atoms with E-state index in [1.54, 1.807) is 0 Å². The molecule has 0 amide bonds. The molecule has 0 saturated heterocycles. The highest BCUT2D eigenvalue weighted by Crippen LogP contribution is 2.43. The second-order valence-electron chi connectivity index (χ2n) is 12.2. The molecule has 3 unspecified atom stereocenters. The number of unbranched alkanes of at least 4 members (excludes halogenated alkanes) is 9. The van der Waals surface area contributed by atoms with Gasteiger partial charge in [0.05, 0.1) is 26.4 Å². The summed E-state index contributed by atoms with van der Waals surface area (Å²) in [6.07, 6.45) is 41.6. The number of hydrogen-bond acceptors (Lipinski definition) is 8. The molecule has 0 heterocycles. The van der Waals surface area contributed by atoms with E-state index in [1.807, 2.05) is 0 Å². The van der Waals surface area contributed by atoms with Crippen LogP contribution in [0.1, 0.15) is 129 Å². The molecule has 3 N–H and O–H groups in total. The lowest BCUT2D eigenvalue weighted by Crippen LogP contribution is -2.29. The van der Waals surface area contributed by atoms with E-state index in [0.29, 0.717) is 13.0 Å². The number of rotatable bonds is 35. The van der Waals surface area contributed by atoms with Crippen molar-refractivity contribution in [1.29, 1.82) is 0 Å². The number of aliphatic hydroxyl groups is 2. The van der Waals surface area contributed by atoms with Crippen LogP contribution in [0, 0.1) is 0 Å². The summed E-state index contributed by atoms with van der Waals surface area (Å²) in [4.78, 5) is 22.5. The summed E-state index contributed by atoms with van der Waals surface area (Å²) in [5.74, 6) is -0.419. The average molecular weight is 725 g/mol. The molecule has 0 bridgehead atoms. The zero-order valence-corrected chi connectivity index (χ0v) is 32.0. The van der Waals surface area contributed by atoms with Crippen molar-refractivity contribution in [3.63, 3.8) is 0 Å². The van der Waals surface area contributed by atoms with Crippen molar-refractivity contribution in [2.24, 2.45) is 0 Å². The molecule has 50 heavy (non-hydrogen) atoms. The van der Waals surface area contributed by atoms with E-state index < -0.39 is 45.8 Å². The first-order valence-electron chi connectivity index (χ1n) is 18.9. The highest BCUT2D eigenvalue weighted by molar-refractivity contribution is 7.47. The molecule has 0 rings (SSSR count). The van der Waals surface area contributed by atoms with E-state index in [-0.39, 0.29) is 13.0 Å². The Hall–Kier alpha value is -2.10. The molecule has 0 saturated carbocycles. The fourth-order valence-electron chi connectivity index (χ4n) is 4.50. The van der Waals surface area contributed by atoms with Gasteiger partial charge in [0.2, 0.25) is 0 Å². The molecule has 0 aliphatic rings. The molecule has 0 aliphatic carbocycles. The third-order valence-corrected chi connectivity index (χ3v) is 8.33. The van der Waals surface area contributed by atoms with Gasteiger partial charge in [0.15, 0.2) is 0 Å². The normalized spacial score (nSPS) is 15.1. The molecular weight excluding hydrogens is 655 g/mol. The van der Waals surface area contributed by atoms with Crippen molar-refractivity contribution in [1.82, 2.24) is 0 Å². The van der Waals surface area contributed by atoms with Crippen molar-refractivity contribution in [3.05, 3.63) is 72.9 Å². The van der Waals surface area contributed by atoms with Gasteiger partial charge in [-0.05, 0) is 77.0 Å². The fourth-order valence-corrected chi connectivity index (χ4v) is 5.29. The van der Waals surface area contributed by atoms with Crippen LogP contribution in [-0.4, -0.2) is 66.3 Å². The Morgan fingerprint density at radius 3 is 1.72 bits per heavy atom. The second kappa shape index (κ2) is 36.7. The van der Waals surface area contributed by atoms with Gasteiger partial charge in [-0.1, -0.05) is 119 Å². The first kappa shape index (κ1) is 47.9. The summed E-state index contributed by atoms with van der Waals surface area (Å²) >= 11 is 0. The minimum absolute atomic E-state index is 0.00137. The topological polar surface area (TPSA) is 132 Å². The summed E-state index contributed by atoms with van der Waals surface area (Å²) in [6, 6.07) is 0. The van der Waals surface area contributed by atoms with Gasteiger partial charge in [0, 0.05) is 13.0 Å². The molecule has 0 aromatic rings. The van der Waals surface area contributed by atoms with Gasteiger partial charge >= 0.3 is 13.8 Å². The van der Waals surface area contributed by atoms with Crippen molar-refractivity contribution in [2.45, 2.75) is 142 Å². The maximum Gasteiger partial charge on any atom is 0.472 e. The van der Waals surface area contributed by atoms with Gasteiger partial charge in [-0.15, -0.1) is 0 Å². The lowest BCUT2D eigenvalue weighted by atomic mass is 10.1. The zero-order valence-electron chi connectivity index (χ0n) is 31.1. The maximum absolute atomic E-state index is 12.5. The molecule has 0 aromatic heterocycles. The second-order valence-corrected chi connectivity index (χ2v) is 13.7. The predicted octanol–water partition coefficient (Wildman–Crippen LogP) is 9.80. The van der Waals surface area contributed by atoms with Gasteiger partial charge in [0.1, 0.15) is 12.2 Å². The van der Waals surface area contributed by atoms with E-state index in [2.05, 4.69) is 86.8 Å². The lowest BCUT2D eigenvalue weighted by Gasteiger charge is -2.20. The van der Waals surface area contributed by atoms with Crippen LogP contribution in [0.4, 0.5) is 0 Å². The van der Waals surface area contributed by atoms with E-state index in [0.717, 1.165) is 77.0 Å². The van der Waals surface area contributed by atoms with Crippen LogP contribution in [0.15, 0.2) is 72.9 Å². The first-order valence-corrected chi connectivity index (χ1v) is 20.4. The Morgan fingerprint density at radius 2 is 1.14 bits per heavy atom. The number of esters is 1. The van der Waals surface area contributed by atoms with Crippen molar-refractivity contribution in [2.75, 3.05) is 33.0 Å². The molecule has 10 heteroatoms. The van der Waals surface area contributed by atoms with Gasteiger partial charge < -0.3 is 24.6 Å². The van der Waals surface area contributed by atoms with Crippen LogP contribution in [0.25, 0.3) is 0 Å². The van der Waals surface area contributed by atoms with E-state index in [1.165, 1.54) is 25.7 Å². The number of phosphoric ester groups is 1. The molecule has 288 valence electrons. The van der Waals surface area contributed by atoms with Gasteiger partial charge in [0.25, 0.3) is 0 Å². The average Bonchev–Trinajstić information content (AvgIpc) is 3.10. The summed E-state index contributed by atoms with van der Waals surface area (Å²) in [6.45, 7) is 3.17. The minimum Gasteiger partial charge on any atom is -0.457 e. The lowest BCUT2D eigenvalue weighted by molar-refractivity contribution is -0.154. The maximum atomic E-state index is 12.5. The summed E-state index contributed by atoms with van der Waals surface area (Å²) in [5, 5.41) is 18.3. The number of carbonyl (C=O) groups excluding carboxylic acids is 1. The van der Waals surface area contributed by atoms with Crippen LogP contribution in [0.2, 0.25) is 0 Å². The van der Waals surface area contributed by atoms with Crippen molar-refractivity contribution >= 4 is 13.8 Å². The number of ether oxygens (including phenoxy) is 2. The third-order valence-electron chi connectivity index (χ3n) is 7.38. The van der Waals surface area contributed by atoms with Gasteiger partial charge in [-0.25, -0.2) is 4.57 Å². The Labute approximate surface area is 303 Å². The number of allylic oxidation sites excluding steroid dienone is 12. The SMILES string of the molecule is CC/C=C\C/C=C\C/C=C\C/C=C\CCCOCC(COP(=O)(O)OCC(O)CO)OC(=O)CCCCCCC/C=C\C/C=C\CCCCC. The summed E-state index contributed by atoms with van der Waals surface area (Å²) in [7, 11) is -4.53. The van der Waals surface area contributed by atoms with Crippen LogP contribution in [0.3, 0.4) is 0 Å². The van der Waals surface area contributed by atoms with Crippen molar-refractivity contribution in [3.8, 4) is 0 Å². The standard InChI is InChI=1S/C40H69O9P/c1-3-5-7-9-11-13-15-17-19-20-22-24-26-28-30-32-40(43)49-39(37-48-50(44,45)47-35-38(42)34-41)36-46-33-31-29-27-25-23-21-18-16-14-12-10-8-6-4-2/h6,8,11-14,17-19,21,25,27,38-39,41-42H,3-5,7,9-10,15-16,20,22-24,26,28-37H2,1-2H3,(H,44,45)/b8-6-,13-11-,14-12-,19-17-,21-18-,27-25-. The highest BCUT2D eigenvalue weighted by atomic mass is 31.2. The Balaban J connectivity index is 4.38. The Morgan fingerprint density at radius 1 is 0.640 bits per heavy atom. The Bertz CT molecular complexity index is 1000. The molecule has 0 aliphatic heterocycles. The van der Waals surface area contributed by atoms with E-state index >= 15 is 0 Å². The van der Waals surface area contributed by atoms with Gasteiger partial charge in [-0.2, -0.15) is 0 Å². The molecule has 0 fully saturated rings. The third kappa shape index (κ3) is 35.7. The fraction of sp³-hybridized carbons (Fsp3) is 0.675. The Kier molecular flexibility index (Phi) is 35.1. The molecule has 9 nitrogen and oxygen atoms in total. The van der Waals surface area contributed by atoms with Crippen LogP contribution in [-0.2, 0) is 27.9 Å².